The number of fused-ring (bicyclic) bond motifs is 1. The van der Waals surface area contributed by atoms with Crippen LogP contribution in [0, 0.1) is 0 Å². The molecule has 0 radical (unpaired) electrons. The molecule has 0 amide bonds. The Balaban J connectivity index is 1.99. The topological polar surface area (TPSA) is 55.6 Å². The Morgan fingerprint density at radius 3 is 3.06 bits per heavy atom. The number of rotatable bonds is 1. The van der Waals surface area contributed by atoms with Crippen LogP contribution in [0.25, 0.3) is 0 Å². The van der Waals surface area contributed by atoms with Gasteiger partial charge in [-0.3, -0.25) is 0 Å². The number of cyclic esters (lactones) is 1. The number of carbonyl (C=O) groups is 1. The number of nitrogens with zero attached hydrogens (tertiary/aromatic N) is 1. The Morgan fingerprint density at radius 2 is 2.29 bits per heavy atom. The second kappa shape index (κ2) is 3.95. The van der Waals surface area contributed by atoms with Gasteiger partial charge < -0.3 is 15.4 Å². The number of nitrogens with two attached hydrogens (primary N) is 1. The van der Waals surface area contributed by atoms with E-state index < -0.39 is 0 Å². The molecule has 1 fully saturated rings. The molecule has 1 saturated heterocycles. The van der Waals surface area contributed by atoms with Crippen molar-refractivity contribution in [3.05, 3.63) is 23.8 Å². The molecule has 1 aromatic carbocycles. The van der Waals surface area contributed by atoms with E-state index in [0.717, 1.165) is 37.2 Å². The molecule has 4 heteroatoms. The highest BCUT2D eigenvalue weighted by molar-refractivity contribution is 5.83. The summed E-state index contributed by atoms with van der Waals surface area (Å²) in [5.41, 5.74) is 9.12. The lowest BCUT2D eigenvalue weighted by molar-refractivity contribution is -0.139. The van der Waals surface area contributed by atoms with E-state index in [0.29, 0.717) is 6.61 Å². The summed E-state index contributed by atoms with van der Waals surface area (Å²) in [7, 11) is 0. The van der Waals surface area contributed by atoms with Crippen LogP contribution in [0.2, 0.25) is 0 Å². The summed E-state index contributed by atoms with van der Waals surface area (Å²) in [5.74, 6) is -0.0970. The monoisotopic (exact) mass is 232 g/mol. The van der Waals surface area contributed by atoms with Gasteiger partial charge in [-0.15, -0.1) is 0 Å². The molecule has 0 spiro atoms. The van der Waals surface area contributed by atoms with E-state index in [1.807, 2.05) is 12.1 Å². The molecule has 0 bridgehead atoms. The minimum absolute atomic E-state index is 0.0970. The Hall–Kier alpha value is -1.71. The maximum atomic E-state index is 11.7. The van der Waals surface area contributed by atoms with Crippen molar-refractivity contribution in [2.24, 2.45) is 0 Å². The van der Waals surface area contributed by atoms with Gasteiger partial charge in [-0.05, 0) is 30.5 Å². The summed E-state index contributed by atoms with van der Waals surface area (Å²) >= 11 is 0. The van der Waals surface area contributed by atoms with E-state index in [1.54, 1.807) is 0 Å². The molecule has 17 heavy (non-hydrogen) atoms. The number of nitrogen functional groups attached to an aromatic ring is 1. The first kappa shape index (κ1) is 10.4. The maximum absolute atomic E-state index is 11.7. The highest BCUT2D eigenvalue weighted by Gasteiger charge is 2.34. The average molecular weight is 232 g/mol. The Labute approximate surface area is 100 Å². The molecule has 90 valence electrons. The zero-order chi connectivity index (χ0) is 11.8. The third-order valence-electron chi connectivity index (χ3n) is 3.61. The molecule has 1 atom stereocenters. The van der Waals surface area contributed by atoms with Gasteiger partial charge in [-0.2, -0.15) is 0 Å². The molecule has 0 aliphatic carbocycles. The molecule has 2 heterocycles. The van der Waals surface area contributed by atoms with Crippen LogP contribution in [0.1, 0.15) is 18.4 Å². The van der Waals surface area contributed by atoms with Gasteiger partial charge in [0.05, 0.1) is 6.61 Å². The van der Waals surface area contributed by atoms with Crippen LogP contribution >= 0.6 is 0 Å². The number of carbonyl (C=O) groups excluding carboxylic acids is 1. The Morgan fingerprint density at radius 1 is 1.41 bits per heavy atom. The van der Waals surface area contributed by atoms with E-state index >= 15 is 0 Å². The Kier molecular flexibility index (Phi) is 2.42. The van der Waals surface area contributed by atoms with Crippen molar-refractivity contribution < 1.29 is 9.53 Å². The molecule has 2 N–H and O–H groups in total. The first-order chi connectivity index (χ1) is 8.27. The molecule has 2 aliphatic heterocycles. The van der Waals surface area contributed by atoms with Gasteiger partial charge in [0.25, 0.3) is 0 Å². The van der Waals surface area contributed by atoms with Crippen LogP contribution in [-0.2, 0) is 16.0 Å². The predicted octanol–water partition coefficient (Wildman–Crippen LogP) is 1.34. The van der Waals surface area contributed by atoms with Gasteiger partial charge in [-0.25, -0.2) is 4.79 Å². The van der Waals surface area contributed by atoms with E-state index in [-0.39, 0.29) is 12.0 Å². The first-order valence-electron chi connectivity index (χ1n) is 6.08. The fourth-order valence-electron chi connectivity index (χ4n) is 2.77. The van der Waals surface area contributed by atoms with Crippen LogP contribution < -0.4 is 10.6 Å². The molecule has 3 rings (SSSR count). The van der Waals surface area contributed by atoms with Gasteiger partial charge in [0.2, 0.25) is 0 Å². The number of hydrogen-bond donors (Lipinski definition) is 1. The van der Waals surface area contributed by atoms with Crippen molar-refractivity contribution in [3.8, 4) is 0 Å². The zero-order valence-corrected chi connectivity index (χ0v) is 9.69. The second-order valence-electron chi connectivity index (χ2n) is 4.61. The molecule has 0 aromatic heterocycles. The first-order valence-corrected chi connectivity index (χ1v) is 6.08. The number of esters is 1. The zero-order valence-electron chi connectivity index (χ0n) is 9.69. The molecule has 1 unspecified atom stereocenters. The molecular weight excluding hydrogens is 216 g/mol. The highest BCUT2D eigenvalue weighted by atomic mass is 16.5. The lowest BCUT2D eigenvalue weighted by Gasteiger charge is -2.34. The average Bonchev–Trinajstić information content (AvgIpc) is 2.75. The van der Waals surface area contributed by atoms with Gasteiger partial charge in [0.15, 0.2) is 0 Å². The minimum Gasteiger partial charge on any atom is -0.464 e. The largest absolute Gasteiger partial charge is 0.464 e. The quantitative estimate of drug-likeness (QED) is 0.586. The third-order valence-corrected chi connectivity index (χ3v) is 3.61. The summed E-state index contributed by atoms with van der Waals surface area (Å²) in [6.45, 7) is 1.45. The third kappa shape index (κ3) is 1.64. The fourth-order valence-corrected chi connectivity index (χ4v) is 2.77. The van der Waals surface area contributed by atoms with Crippen molar-refractivity contribution in [1.29, 1.82) is 0 Å². The van der Waals surface area contributed by atoms with Gasteiger partial charge in [0, 0.05) is 24.3 Å². The van der Waals surface area contributed by atoms with Gasteiger partial charge >= 0.3 is 5.97 Å². The molecule has 0 saturated carbocycles. The molecular formula is C13H16N2O2. The van der Waals surface area contributed by atoms with Crippen LogP contribution in [0.3, 0.4) is 0 Å². The van der Waals surface area contributed by atoms with Gasteiger partial charge in [-0.1, -0.05) is 6.07 Å². The summed E-state index contributed by atoms with van der Waals surface area (Å²) in [6, 6.07) is 5.81. The Bertz CT molecular complexity index is 459. The lowest BCUT2D eigenvalue weighted by Crippen LogP contribution is -2.42. The van der Waals surface area contributed by atoms with Gasteiger partial charge in [0.1, 0.15) is 6.04 Å². The van der Waals surface area contributed by atoms with E-state index in [4.69, 9.17) is 10.5 Å². The summed E-state index contributed by atoms with van der Waals surface area (Å²) in [6.07, 6.45) is 2.83. The minimum atomic E-state index is -0.115. The maximum Gasteiger partial charge on any atom is 0.328 e. The number of anilines is 2. The van der Waals surface area contributed by atoms with Crippen molar-refractivity contribution in [2.45, 2.75) is 25.3 Å². The number of hydrogen-bond acceptors (Lipinski definition) is 4. The summed E-state index contributed by atoms with van der Waals surface area (Å²) in [5, 5.41) is 0. The van der Waals surface area contributed by atoms with Crippen LogP contribution in [0.15, 0.2) is 18.2 Å². The smallest absolute Gasteiger partial charge is 0.328 e. The highest BCUT2D eigenvalue weighted by Crippen LogP contribution is 2.34. The molecule has 2 aliphatic rings. The van der Waals surface area contributed by atoms with Crippen molar-refractivity contribution in [1.82, 2.24) is 0 Å². The van der Waals surface area contributed by atoms with Crippen LogP contribution in [0.4, 0.5) is 11.4 Å². The van der Waals surface area contributed by atoms with Crippen molar-refractivity contribution in [3.63, 3.8) is 0 Å². The van der Waals surface area contributed by atoms with E-state index in [9.17, 15) is 4.79 Å². The normalized spacial score (nSPS) is 23.4. The van der Waals surface area contributed by atoms with Crippen LogP contribution in [0.5, 0.6) is 0 Å². The number of ether oxygens (including phenoxy) is 1. The molecule has 4 nitrogen and oxygen atoms in total. The number of benzene rings is 1. The summed E-state index contributed by atoms with van der Waals surface area (Å²) in [4.78, 5) is 13.8. The van der Waals surface area contributed by atoms with Crippen LogP contribution in [-0.4, -0.2) is 25.2 Å². The second-order valence-corrected chi connectivity index (χ2v) is 4.61. The SMILES string of the molecule is Nc1cccc2c1CCCN2C1CCOC1=O. The molecule has 1 aromatic rings. The fraction of sp³-hybridized carbons (Fsp3) is 0.462. The standard InChI is InChI=1S/C13H16N2O2/c14-10-4-1-5-11-9(10)3-2-7-15(11)12-6-8-17-13(12)16/h1,4-5,12H,2-3,6-8,14H2. The predicted molar refractivity (Wildman–Crippen MR) is 65.9 cm³/mol. The van der Waals surface area contributed by atoms with E-state index in [2.05, 4.69) is 11.0 Å². The van der Waals surface area contributed by atoms with Crippen molar-refractivity contribution >= 4 is 17.3 Å². The lowest BCUT2D eigenvalue weighted by atomic mass is 9.98. The van der Waals surface area contributed by atoms with E-state index in [1.165, 1.54) is 5.56 Å². The van der Waals surface area contributed by atoms with Crippen molar-refractivity contribution in [2.75, 3.05) is 23.8 Å². The summed E-state index contributed by atoms with van der Waals surface area (Å²) < 4.78 is 5.05.